The molecule has 2 rings (SSSR count). The van der Waals surface area contributed by atoms with E-state index in [9.17, 15) is 0 Å². The Bertz CT molecular complexity index is 235. The Labute approximate surface area is 124 Å². The summed E-state index contributed by atoms with van der Waals surface area (Å²) in [5.74, 6) is 1.93. The summed E-state index contributed by atoms with van der Waals surface area (Å²) in [6.45, 7) is 8.15. The molecular weight excluding hydrogens is 254 g/mol. The molecule has 0 bridgehead atoms. The van der Waals surface area contributed by atoms with Crippen LogP contribution in [0.3, 0.4) is 0 Å². The zero-order valence-electron chi connectivity index (χ0n) is 12.5. The molecular formula is C16H31NOS. The van der Waals surface area contributed by atoms with Gasteiger partial charge in [0.2, 0.25) is 0 Å². The van der Waals surface area contributed by atoms with Gasteiger partial charge < -0.3 is 9.64 Å². The van der Waals surface area contributed by atoms with Gasteiger partial charge in [0, 0.05) is 18.5 Å². The smallest absolute Gasteiger partial charge is 0.0468 e. The van der Waals surface area contributed by atoms with Gasteiger partial charge in [0.05, 0.1) is 0 Å². The van der Waals surface area contributed by atoms with Crippen molar-refractivity contribution in [2.24, 2.45) is 11.8 Å². The van der Waals surface area contributed by atoms with E-state index in [1.54, 1.807) is 0 Å². The van der Waals surface area contributed by atoms with Crippen molar-refractivity contribution in [3.8, 4) is 0 Å². The van der Waals surface area contributed by atoms with Gasteiger partial charge in [0.15, 0.2) is 0 Å². The topological polar surface area (TPSA) is 12.5 Å². The molecule has 0 saturated carbocycles. The fourth-order valence-electron chi connectivity index (χ4n) is 3.64. The molecule has 1 atom stereocenters. The van der Waals surface area contributed by atoms with E-state index < -0.39 is 0 Å². The van der Waals surface area contributed by atoms with Gasteiger partial charge in [0.1, 0.15) is 0 Å². The fourth-order valence-corrected chi connectivity index (χ4v) is 4.02. The van der Waals surface area contributed by atoms with Crippen molar-refractivity contribution in [3.05, 3.63) is 0 Å². The van der Waals surface area contributed by atoms with Gasteiger partial charge >= 0.3 is 0 Å². The molecule has 1 unspecified atom stereocenters. The van der Waals surface area contributed by atoms with E-state index in [-0.39, 0.29) is 0 Å². The molecule has 0 radical (unpaired) electrons. The van der Waals surface area contributed by atoms with Gasteiger partial charge in [-0.25, -0.2) is 0 Å². The van der Waals surface area contributed by atoms with Crippen LogP contribution in [0.25, 0.3) is 0 Å². The fraction of sp³-hybridized carbons (Fsp3) is 1.00. The van der Waals surface area contributed by atoms with Crippen LogP contribution in [0.15, 0.2) is 0 Å². The molecule has 2 aliphatic rings. The highest BCUT2D eigenvalue weighted by atomic mass is 32.1. The SMILES string of the molecule is CCCC(S)CCN1CCC(C2CCOCC2)CC1. The lowest BCUT2D eigenvalue weighted by atomic mass is 9.80. The van der Waals surface area contributed by atoms with Crippen molar-refractivity contribution in [1.29, 1.82) is 0 Å². The molecule has 3 heteroatoms. The Kier molecular flexibility index (Phi) is 7.03. The molecule has 0 aromatic rings. The Morgan fingerprint density at radius 2 is 1.68 bits per heavy atom. The van der Waals surface area contributed by atoms with Gasteiger partial charge in [-0.1, -0.05) is 13.3 Å². The minimum absolute atomic E-state index is 0.609. The number of nitrogens with zero attached hydrogens (tertiary/aromatic N) is 1. The summed E-state index contributed by atoms with van der Waals surface area (Å²) in [7, 11) is 0. The van der Waals surface area contributed by atoms with Gasteiger partial charge in [0.25, 0.3) is 0 Å². The van der Waals surface area contributed by atoms with E-state index in [1.165, 1.54) is 64.6 Å². The quantitative estimate of drug-likeness (QED) is 0.748. The molecule has 0 aromatic carbocycles. The molecule has 0 spiro atoms. The third-order valence-electron chi connectivity index (χ3n) is 4.97. The van der Waals surface area contributed by atoms with Crippen LogP contribution in [0, 0.1) is 11.8 Å². The summed E-state index contributed by atoms with van der Waals surface area (Å²) >= 11 is 4.67. The summed E-state index contributed by atoms with van der Waals surface area (Å²) in [6.07, 6.45) is 9.23. The third-order valence-corrected chi connectivity index (χ3v) is 5.48. The van der Waals surface area contributed by atoms with Gasteiger partial charge in [-0.3, -0.25) is 0 Å². The summed E-state index contributed by atoms with van der Waals surface area (Å²) in [5, 5.41) is 0.609. The number of hydrogen-bond donors (Lipinski definition) is 1. The van der Waals surface area contributed by atoms with Crippen molar-refractivity contribution < 1.29 is 4.74 Å². The van der Waals surface area contributed by atoms with Crippen molar-refractivity contribution >= 4 is 12.6 Å². The maximum atomic E-state index is 5.48. The van der Waals surface area contributed by atoms with Crippen LogP contribution in [0.5, 0.6) is 0 Å². The first-order chi connectivity index (χ1) is 9.29. The lowest BCUT2D eigenvalue weighted by Crippen LogP contribution is -2.38. The Morgan fingerprint density at radius 1 is 1.05 bits per heavy atom. The van der Waals surface area contributed by atoms with Crippen LogP contribution in [-0.2, 0) is 4.74 Å². The van der Waals surface area contributed by atoms with Crippen LogP contribution in [0.4, 0.5) is 0 Å². The molecule has 2 saturated heterocycles. The standard InChI is InChI=1S/C16H31NOS/c1-2-3-16(19)6-11-17-9-4-14(5-10-17)15-7-12-18-13-8-15/h14-16,19H,2-13H2,1H3. The molecule has 2 heterocycles. The Morgan fingerprint density at radius 3 is 2.32 bits per heavy atom. The summed E-state index contributed by atoms with van der Waals surface area (Å²) in [5.41, 5.74) is 0. The number of rotatable bonds is 6. The minimum Gasteiger partial charge on any atom is -0.381 e. The van der Waals surface area contributed by atoms with E-state index in [4.69, 9.17) is 4.74 Å². The molecule has 0 amide bonds. The van der Waals surface area contributed by atoms with Gasteiger partial charge in [-0.2, -0.15) is 12.6 Å². The molecule has 0 aromatic heterocycles. The number of likely N-dealkylation sites (tertiary alicyclic amines) is 1. The number of ether oxygens (including phenoxy) is 1. The highest BCUT2D eigenvalue weighted by molar-refractivity contribution is 7.80. The highest BCUT2D eigenvalue weighted by Crippen LogP contribution is 2.31. The maximum Gasteiger partial charge on any atom is 0.0468 e. The Balaban J connectivity index is 1.62. The Hall–Kier alpha value is 0.270. The van der Waals surface area contributed by atoms with E-state index >= 15 is 0 Å². The van der Waals surface area contributed by atoms with E-state index in [1.807, 2.05) is 0 Å². The lowest BCUT2D eigenvalue weighted by molar-refractivity contribution is 0.0303. The van der Waals surface area contributed by atoms with Crippen molar-refractivity contribution in [2.45, 2.75) is 57.1 Å². The predicted molar refractivity (Wildman–Crippen MR) is 85.0 cm³/mol. The second kappa shape index (κ2) is 8.53. The second-order valence-electron chi connectivity index (χ2n) is 6.36. The largest absolute Gasteiger partial charge is 0.381 e. The minimum atomic E-state index is 0.609. The van der Waals surface area contributed by atoms with Crippen molar-refractivity contribution in [1.82, 2.24) is 4.90 Å². The second-order valence-corrected chi connectivity index (χ2v) is 7.09. The molecule has 112 valence electrons. The van der Waals surface area contributed by atoms with Crippen LogP contribution in [-0.4, -0.2) is 43.0 Å². The number of hydrogen-bond acceptors (Lipinski definition) is 3. The zero-order valence-corrected chi connectivity index (χ0v) is 13.4. The first-order valence-corrected chi connectivity index (χ1v) is 8.79. The first kappa shape index (κ1) is 15.7. The third kappa shape index (κ3) is 5.28. The molecule has 2 fully saturated rings. The van der Waals surface area contributed by atoms with Crippen LogP contribution in [0.2, 0.25) is 0 Å². The summed E-state index contributed by atoms with van der Waals surface area (Å²) in [6, 6.07) is 0. The molecule has 19 heavy (non-hydrogen) atoms. The van der Waals surface area contributed by atoms with E-state index in [2.05, 4.69) is 24.5 Å². The normalized spacial score (nSPS) is 25.6. The summed E-state index contributed by atoms with van der Waals surface area (Å²) < 4.78 is 5.48. The average molecular weight is 285 g/mol. The van der Waals surface area contributed by atoms with E-state index in [0.29, 0.717) is 5.25 Å². The monoisotopic (exact) mass is 285 g/mol. The van der Waals surface area contributed by atoms with Crippen LogP contribution < -0.4 is 0 Å². The predicted octanol–water partition coefficient (Wildman–Crippen LogP) is 3.61. The number of thiol groups is 1. The highest BCUT2D eigenvalue weighted by Gasteiger charge is 2.27. The van der Waals surface area contributed by atoms with Crippen molar-refractivity contribution in [2.75, 3.05) is 32.8 Å². The molecule has 0 aliphatic carbocycles. The zero-order chi connectivity index (χ0) is 13.5. The summed E-state index contributed by atoms with van der Waals surface area (Å²) in [4.78, 5) is 2.66. The van der Waals surface area contributed by atoms with Crippen LogP contribution in [0.1, 0.15) is 51.9 Å². The van der Waals surface area contributed by atoms with Crippen LogP contribution >= 0.6 is 12.6 Å². The average Bonchev–Trinajstić information content (AvgIpc) is 2.47. The van der Waals surface area contributed by atoms with E-state index in [0.717, 1.165) is 25.0 Å². The lowest BCUT2D eigenvalue weighted by Gasteiger charge is -2.37. The maximum absolute atomic E-state index is 5.48. The van der Waals surface area contributed by atoms with Gasteiger partial charge in [-0.05, 0) is 70.0 Å². The van der Waals surface area contributed by atoms with Gasteiger partial charge in [-0.15, -0.1) is 0 Å². The first-order valence-electron chi connectivity index (χ1n) is 8.27. The van der Waals surface area contributed by atoms with Crippen molar-refractivity contribution in [3.63, 3.8) is 0 Å². The molecule has 0 N–H and O–H groups in total. The molecule has 2 nitrogen and oxygen atoms in total. The molecule has 2 aliphatic heterocycles. The number of piperidine rings is 1.